The Kier molecular flexibility index (Phi) is 4.46. The molecule has 1 aromatic carbocycles. The Morgan fingerprint density at radius 3 is 2.23 bits per heavy atom. The second-order valence-electron chi connectivity index (χ2n) is 7.67. The first kappa shape index (κ1) is 16.7. The van der Waals surface area contributed by atoms with Gasteiger partial charge in [-0.1, -0.05) is 54.0 Å². The van der Waals surface area contributed by atoms with E-state index in [4.69, 9.17) is 14.7 Å². The molecule has 3 heteroatoms. The summed E-state index contributed by atoms with van der Waals surface area (Å²) in [6.45, 7) is 13.2. The second kappa shape index (κ2) is 5.86. The molecular weight excluding hydrogens is 272 g/mol. The van der Waals surface area contributed by atoms with Crippen molar-refractivity contribution in [1.29, 1.82) is 0 Å². The summed E-state index contributed by atoms with van der Waals surface area (Å²) in [7, 11) is 1.68. The molecule has 1 heterocycles. The third-order valence-electron chi connectivity index (χ3n) is 4.21. The summed E-state index contributed by atoms with van der Waals surface area (Å²) in [5, 5.41) is 0. The van der Waals surface area contributed by atoms with Crippen molar-refractivity contribution in [2.75, 3.05) is 7.11 Å². The quantitative estimate of drug-likeness (QED) is 0.795. The van der Waals surface area contributed by atoms with Gasteiger partial charge in [0.1, 0.15) is 5.69 Å². The number of aromatic nitrogens is 2. The predicted octanol–water partition coefficient (Wildman–Crippen LogP) is 5.01. The van der Waals surface area contributed by atoms with E-state index in [1.165, 1.54) is 5.56 Å². The van der Waals surface area contributed by atoms with E-state index in [9.17, 15) is 0 Å². The molecule has 2 rings (SSSR count). The minimum Gasteiger partial charge on any atom is -0.480 e. The van der Waals surface area contributed by atoms with Gasteiger partial charge in [0.2, 0.25) is 5.88 Å². The lowest BCUT2D eigenvalue weighted by Crippen LogP contribution is -2.20. The van der Waals surface area contributed by atoms with E-state index < -0.39 is 0 Å². The van der Waals surface area contributed by atoms with Crippen LogP contribution in [0.15, 0.2) is 18.2 Å². The van der Waals surface area contributed by atoms with Crippen LogP contribution in [0.3, 0.4) is 0 Å². The van der Waals surface area contributed by atoms with Gasteiger partial charge < -0.3 is 4.74 Å². The first-order chi connectivity index (χ1) is 10.2. The molecule has 0 aliphatic carbocycles. The molecule has 0 N–H and O–H groups in total. The first-order valence-corrected chi connectivity index (χ1v) is 8.06. The normalized spacial score (nSPS) is 12.7. The van der Waals surface area contributed by atoms with Crippen LogP contribution in [-0.2, 0) is 10.8 Å². The molecule has 0 aliphatic heterocycles. The van der Waals surface area contributed by atoms with Crippen molar-refractivity contribution in [3.05, 3.63) is 29.5 Å². The molecule has 0 amide bonds. The minimum atomic E-state index is -0.0377. The predicted molar refractivity (Wildman–Crippen MR) is 92.7 cm³/mol. The molecular formula is C19H28N2O. The number of methoxy groups -OCH3 is 1. The number of fused-ring (bicyclic) bond motifs is 1. The van der Waals surface area contributed by atoms with E-state index in [0.29, 0.717) is 5.88 Å². The van der Waals surface area contributed by atoms with Gasteiger partial charge in [0, 0.05) is 5.41 Å². The Bertz CT molecular complexity index is 669. The minimum absolute atomic E-state index is 0.0377. The molecule has 1 aromatic heterocycles. The van der Waals surface area contributed by atoms with E-state index in [-0.39, 0.29) is 10.8 Å². The van der Waals surface area contributed by atoms with Crippen LogP contribution in [0, 0.1) is 0 Å². The maximum Gasteiger partial charge on any atom is 0.236 e. The smallest absolute Gasteiger partial charge is 0.236 e. The third-order valence-corrected chi connectivity index (χ3v) is 4.21. The van der Waals surface area contributed by atoms with Crippen molar-refractivity contribution in [3.8, 4) is 5.88 Å². The molecule has 120 valence electrons. The highest BCUT2D eigenvalue weighted by Crippen LogP contribution is 2.34. The lowest BCUT2D eigenvalue weighted by Gasteiger charge is -2.25. The summed E-state index contributed by atoms with van der Waals surface area (Å²) in [6, 6.07) is 6.36. The fraction of sp³-hybridized carbons (Fsp3) is 0.579. The number of nitrogens with zero attached hydrogens (tertiary/aromatic N) is 2. The van der Waals surface area contributed by atoms with Crippen molar-refractivity contribution in [3.63, 3.8) is 0 Å². The first-order valence-electron chi connectivity index (χ1n) is 8.06. The monoisotopic (exact) mass is 300 g/mol. The number of benzene rings is 1. The highest BCUT2D eigenvalue weighted by atomic mass is 16.5. The average molecular weight is 300 g/mol. The zero-order chi connectivity index (χ0) is 16.5. The van der Waals surface area contributed by atoms with E-state index in [2.05, 4.69) is 59.7 Å². The van der Waals surface area contributed by atoms with Crippen LogP contribution in [0.4, 0.5) is 0 Å². The van der Waals surface area contributed by atoms with Crippen molar-refractivity contribution in [2.45, 2.75) is 65.2 Å². The fourth-order valence-electron chi connectivity index (χ4n) is 2.83. The maximum absolute atomic E-state index is 5.54. The number of rotatable bonds is 4. The van der Waals surface area contributed by atoms with Crippen LogP contribution >= 0.6 is 0 Å². The van der Waals surface area contributed by atoms with Gasteiger partial charge in [-0.05, 0) is 29.5 Å². The molecule has 0 saturated carbocycles. The Labute approximate surface area is 134 Å². The topological polar surface area (TPSA) is 35.0 Å². The van der Waals surface area contributed by atoms with E-state index >= 15 is 0 Å². The van der Waals surface area contributed by atoms with E-state index in [1.807, 2.05) is 0 Å². The lowest BCUT2D eigenvalue weighted by atomic mass is 9.84. The average Bonchev–Trinajstić information content (AvgIpc) is 2.44. The molecule has 0 spiro atoms. The van der Waals surface area contributed by atoms with Gasteiger partial charge >= 0.3 is 0 Å². The van der Waals surface area contributed by atoms with Crippen LogP contribution in [-0.4, -0.2) is 17.1 Å². The Hall–Kier alpha value is -1.64. The molecule has 0 bridgehead atoms. The van der Waals surface area contributed by atoms with Gasteiger partial charge in [0.25, 0.3) is 0 Å². The third kappa shape index (κ3) is 3.23. The molecule has 0 atom stereocenters. The number of hydrogen-bond acceptors (Lipinski definition) is 3. The maximum atomic E-state index is 5.54. The molecule has 0 fully saturated rings. The van der Waals surface area contributed by atoms with Gasteiger partial charge in [-0.3, -0.25) is 0 Å². The lowest BCUT2D eigenvalue weighted by molar-refractivity contribution is 0.364. The molecule has 0 unspecified atom stereocenters. The molecule has 2 aromatic rings. The Morgan fingerprint density at radius 1 is 1.00 bits per heavy atom. The Balaban J connectivity index is 2.62. The number of ether oxygens (including phenoxy) is 1. The molecule has 22 heavy (non-hydrogen) atoms. The van der Waals surface area contributed by atoms with Gasteiger partial charge in [-0.15, -0.1) is 0 Å². The zero-order valence-corrected chi connectivity index (χ0v) is 14.9. The Morgan fingerprint density at radius 2 is 1.68 bits per heavy atom. The molecule has 3 nitrogen and oxygen atoms in total. The summed E-state index contributed by atoms with van der Waals surface area (Å²) in [4.78, 5) is 9.60. The highest BCUT2D eigenvalue weighted by molar-refractivity contribution is 5.76. The van der Waals surface area contributed by atoms with Crippen molar-refractivity contribution in [1.82, 2.24) is 9.97 Å². The summed E-state index contributed by atoms with van der Waals surface area (Å²) in [6.07, 6.45) is 2.17. The van der Waals surface area contributed by atoms with E-state index in [0.717, 1.165) is 29.6 Å². The van der Waals surface area contributed by atoms with E-state index in [1.54, 1.807) is 7.11 Å². The summed E-state index contributed by atoms with van der Waals surface area (Å²) < 4.78 is 5.54. The molecule has 0 aliphatic rings. The standard InChI is InChI=1S/C19H28N2O/c1-8-11-19(5,6)16-17(22-7)21-15-12-13(18(2,3)4)9-10-14(15)20-16/h9-10,12H,8,11H2,1-7H3. The van der Waals surface area contributed by atoms with Crippen LogP contribution in [0.1, 0.15) is 65.6 Å². The molecule has 0 saturated heterocycles. The summed E-state index contributed by atoms with van der Waals surface area (Å²) in [5.41, 5.74) is 4.12. The van der Waals surface area contributed by atoms with Crippen molar-refractivity contribution in [2.24, 2.45) is 0 Å². The second-order valence-corrected chi connectivity index (χ2v) is 7.67. The zero-order valence-electron chi connectivity index (χ0n) is 14.9. The summed E-state index contributed by atoms with van der Waals surface area (Å²) >= 11 is 0. The largest absolute Gasteiger partial charge is 0.480 e. The van der Waals surface area contributed by atoms with Crippen molar-refractivity contribution >= 4 is 11.0 Å². The van der Waals surface area contributed by atoms with Crippen LogP contribution in [0.5, 0.6) is 5.88 Å². The summed E-state index contributed by atoms with van der Waals surface area (Å²) in [5.74, 6) is 0.650. The number of hydrogen-bond donors (Lipinski definition) is 0. The van der Waals surface area contributed by atoms with Crippen LogP contribution < -0.4 is 4.74 Å². The molecule has 0 radical (unpaired) electrons. The van der Waals surface area contributed by atoms with Gasteiger partial charge in [-0.2, -0.15) is 0 Å². The van der Waals surface area contributed by atoms with Crippen molar-refractivity contribution < 1.29 is 4.74 Å². The van der Waals surface area contributed by atoms with Gasteiger partial charge in [-0.25, -0.2) is 9.97 Å². The van der Waals surface area contributed by atoms with Gasteiger partial charge in [0.15, 0.2) is 0 Å². The SMILES string of the molecule is CCCC(C)(C)c1nc2ccc(C(C)(C)C)cc2nc1OC. The van der Waals surface area contributed by atoms with Crippen LogP contribution in [0.25, 0.3) is 11.0 Å². The fourth-order valence-corrected chi connectivity index (χ4v) is 2.83. The van der Waals surface area contributed by atoms with Gasteiger partial charge in [0.05, 0.1) is 18.1 Å². The highest BCUT2D eigenvalue weighted by Gasteiger charge is 2.27. The van der Waals surface area contributed by atoms with Crippen LogP contribution in [0.2, 0.25) is 0 Å².